The molecule has 1 aromatic carbocycles. The SMILES string of the molecule is C#CCC1CCN(C(=O)Oc2ccccc2C(=O)OC)CC1. The molecule has 0 unspecified atom stereocenters. The zero-order chi connectivity index (χ0) is 15.9. The molecule has 0 N–H and O–H groups in total. The van der Waals surface area contributed by atoms with Crippen molar-refractivity contribution in [3.63, 3.8) is 0 Å². The van der Waals surface area contributed by atoms with Gasteiger partial charge >= 0.3 is 12.1 Å². The maximum absolute atomic E-state index is 12.2. The molecule has 1 aliphatic rings. The molecule has 1 heterocycles. The van der Waals surface area contributed by atoms with Crippen LogP contribution in [0, 0.1) is 18.3 Å². The predicted molar refractivity (Wildman–Crippen MR) is 81.6 cm³/mol. The second-order valence-electron chi connectivity index (χ2n) is 5.19. The van der Waals surface area contributed by atoms with Gasteiger partial charge < -0.3 is 14.4 Å². The molecule has 116 valence electrons. The van der Waals surface area contributed by atoms with Crippen LogP contribution in [0.1, 0.15) is 29.6 Å². The van der Waals surface area contributed by atoms with Crippen molar-refractivity contribution < 1.29 is 19.1 Å². The van der Waals surface area contributed by atoms with E-state index in [0.717, 1.165) is 19.3 Å². The molecule has 0 saturated carbocycles. The summed E-state index contributed by atoms with van der Waals surface area (Å²) >= 11 is 0. The monoisotopic (exact) mass is 301 g/mol. The minimum absolute atomic E-state index is 0.213. The van der Waals surface area contributed by atoms with Crippen LogP contribution in [0.5, 0.6) is 5.75 Å². The van der Waals surface area contributed by atoms with Crippen molar-refractivity contribution in [1.29, 1.82) is 0 Å². The van der Waals surface area contributed by atoms with Crippen LogP contribution in [0.25, 0.3) is 0 Å². The Kier molecular flexibility index (Phi) is 5.42. The predicted octanol–water partition coefficient (Wildman–Crippen LogP) is 2.71. The Morgan fingerprint density at radius 3 is 2.64 bits per heavy atom. The number of likely N-dealkylation sites (tertiary alicyclic amines) is 1. The summed E-state index contributed by atoms with van der Waals surface area (Å²) in [6.07, 6.45) is 7.36. The Bertz CT molecular complexity index is 583. The van der Waals surface area contributed by atoms with Gasteiger partial charge in [0.2, 0.25) is 0 Å². The van der Waals surface area contributed by atoms with Gasteiger partial charge in [-0.1, -0.05) is 12.1 Å². The van der Waals surface area contributed by atoms with Crippen molar-refractivity contribution in [2.24, 2.45) is 5.92 Å². The van der Waals surface area contributed by atoms with E-state index in [9.17, 15) is 9.59 Å². The number of ether oxygens (including phenoxy) is 2. The molecular formula is C17H19NO4. The third kappa shape index (κ3) is 3.79. The van der Waals surface area contributed by atoms with Crippen molar-refractivity contribution >= 4 is 12.1 Å². The van der Waals surface area contributed by atoms with Gasteiger partial charge in [0.05, 0.1) is 7.11 Å². The molecule has 1 amide bonds. The summed E-state index contributed by atoms with van der Waals surface area (Å²) in [6.45, 7) is 1.23. The molecule has 22 heavy (non-hydrogen) atoms. The van der Waals surface area contributed by atoms with Gasteiger partial charge in [0.25, 0.3) is 0 Å². The quantitative estimate of drug-likeness (QED) is 0.636. The Hall–Kier alpha value is -2.48. The minimum atomic E-state index is -0.531. The lowest BCUT2D eigenvalue weighted by Crippen LogP contribution is -2.40. The highest BCUT2D eigenvalue weighted by Crippen LogP contribution is 2.23. The average molecular weight is 301 g/mol. The van der Waals surface area contributed by atoms with Crippen molar-refractivity contribution in [3.05, 3.63) is 29.8 Å². The molecule has 0 spiro atoms. The van der Waals surface area contributed by atoms with Crippen LogP contribution in [0.2, 0.25) is 0 Å². The van der Waals surface area contributed by atoms with Gasteiger partial charge in [0, 0.05) is 19.5 Å². The van der Waals surface area contributed by atoms with Crippen molar-refractivity contribution in [3.8, 4) is 18.1 Å². The van der Waals surface area contributed by atoms with E-state index in [2.05, 4.69) is 10.7 Å². The number of terminal acetylenes is 1. The van der Waals surface area contributed by atoms with E-state index < -0.39 is 12.1 Å². The highest BCUT2D eigenvalue weighted by Gasteiger charge is 2.25. The van der Waals surface area contributed by atoms with Crippen LogP contribution < -0.4 is 4.74 Å². The smallest absolute Gasteiger partial charge is 0.415 e. The molecule has 0 bridgehead atoms. The fourth-order valence-electron chi connectivity index (χ4n) is 2.48. The molecule has 1 aliphatic heterocycles. The number of carbonyl (C=O) groups is 2. The first-order valence-corrected chi connectivity index (χ1v) is 7.23. The van der Waals surface area contributed by atoms with E-state index in [-0.39, 0.29) is 11.3 Å². The number of esters is 1. The van der Waals surface area contributed by atoms with Crippen LogP contribution in [-0.2, 0) is 4.74 Å². The first kappa shape index (κ1) is 15.9. The van der Waals surface area contributed by atoms with Crippen molar-refractivity contribution in [2.75, 3.05) is 20.2 Å². The molecule has 1 saturated heterocycles. The fraction of sp³-hybridized carbons (Fsp3) is 0.412. The first-order chi connectivity index (χ1) is 10.7. The molecule has 0 atom stereocenters. The summed E-state index contributed by atoms with van der Waals surface area (Å²) < 4.78 is 10.0. The summed E-state index contributed by atoms with van der Waals surface area (Å²) in [6, 6.07) is 6.53. The number of carbonyl (C=O) groups excluding carboxylic acids is 2. The third-order valence-corrected chi connectivity index (χ3v) is 3.77. The third-order valence-electron chi connectivity index (χ3n) is 3.77. The molecule has 1 aromatic rings. The maximum atomic E-state index is 12.2. The average Bonchev–Trinajstić information content (AvgIpc) is 2.55. The molecule has 0 radical (unpaired) electrons. The number of hydrogen-bond donors (Lipinski definition) is 0. The molecule has 0 aromatic heterocycles. The van der Waals surface area contributed by atoms with Crippen LogP contribution in [0.15, 0.2) is 24.3 Å². The molecule has 0 aliphatic carbocycles. The van der Waals surface area contributed by atoms with Gasteiger partial charge in [-0.3, -0.25) is 0 Å². The highest BCUT2D eigenvalue weighted by atomic mass is 16.6. The number of nitrogens with zero attached hydrogens (tertiary/aromatic N) is 1. The van der Waals surface area contributed by atoms with Crippen LogP contribution in [0.3, 0.4) is 0 Å². The Balaban J connectivity index is 1.99. The molecule has 1 fully saturated rings. The van der Waals surface area contributed by atoms with E-state index in [1.807, 2.05) is 0 Å². The summed E-state index contributed by atoms with van der Waals surface area (Å²) in [7, 11) is 1.29. The second-order valence-corrected chi connectivity index (χ2v) is 5.19. The van der Waals surface area contributed by atoms with Gasteiger partial charge in [-0.05, 0) is 30.9 Å². The summed E-state index contributed by atoms with van der Waals surface area (Å²) in [5.41, 5.74) is 0.237. The van der Waals surface area contributed by atoms with E-state index in [1.165, 1.54) is 7.11 Å². The second kappa shape index (κ2) is 7.51. The largest absolute Gasteiger partial charge is 0.465 e. The first-order valence-electron chi connectivity index (χ1n) is 7.23. The number of amides is 1. The fourth-order valence-corrected chi connectivity index (χ4v) is 2.48. The zero-order valence-electron chi connectivity index (χ0n) is 12.6. The van der Waals surface area contributed by atoms with Gasteiger partial charge in [-0.25, -0.2) is 9.59 Å². The molecule has 5 nitrogen and oxygen atoms in total. The number of para-hydroxylation sites is 1. The lowest BCUT2D eigenvalue weighted by Gasteiger charge is -2.30. The highest BCUT2D eigenvalue weighted by molar-refractivity contribution is 5.93. The van der Waals surface area contributed by atoms with E-state index in [4.69, 9.17) is 11.2 Å². The van der Waals surface area contributed by atoms with Crippen LogP contribution in [-0.4, -0.2) is 37.2 Å². The minimum Gasteiger partial charge on any atom is -0.465 e. The zero-order valence-corrected chi connectivity index (χ0v) is 12.6. The lowest BCUT2D eigenvalue weighted by molar-refractivity contribution is 0.0596. The van der Waals surface area contributed by atoms with Gasteiger partial charge in [-0.15, -0.1) is 12.3 Å². The van der Waals surface area contributed by atoms with Crippen LogP contribution >= 0.6 is 0 Å². The Labute approximate surface area is 130 Å². The number of piperidine rings is 1. The number of benzene rings is 1. The Morgan fingerprint density at radius 1 is 1.32 bits per heavy atom. The van der Waals surface area contributed by atoms with Gasteiger partial charge in [0.15, 0.2) is 0 Å². The number of methoxy groups -OCH3 is 1. The lowest BCUT2D eigenvalue weighted by atomic mass is 9.94. The van der Waals surface area contributed by atoms with Crippen molar-refractivity contribution in [1.82, 2.24) is 4.90 Å². The topological polar surface area (TPSA) is 55.8 Å². The summed E-state index contributed by atoms with van der Waals surface area (Å²) in [4.78, 5) is 25.5. The van der Waals surface area contributed by atoms with Crippen LogP contribution in [0.4, 0.5) is 4.79 Å². The van der Waals surface area contributed by atoms with Gasteiger partial charge in [-0.2, -0.15) is 0 Å². The standard InChI is InChI=1S/C17H19NO4/c1-3-6-13-9-11-18(12-10-13)17(20)22-15-8-5-4-7-14(15)16(19)21-2/h1,4-5,7-8,13H,6,9-12H2,2H3. The van der Waals surface area contributed by atoms with E-state index >= 15 is 0 Å². The van der Waals surface area contributed by atoms with E-state index in [0.29, 0.717) is 19.0 Å². The maximum Gasteiger partial charge on any atom is 0.415 e. The number of hydrogen-bond acceptors (Lipinski definition) is 4. The van der Waals surface area contributed by atoms with E-state index in [1.54, 1.807) is 29.2 Å². The number of rotatable bonds is 3. The Morgan fingerprint density at radius 2 is 2.00 bits per heavy atom. The molecule has 5 heteroatoms. The van der Waals surface area contributed by atoms with Crippen molar-refractivity contribution in [2.45, 2.75) is 19.3 Å². The molecule has 2 rings (SSSR count). The van der Waals surface area contributed by atoms with Gasteiger partial charge in [0.1, 0.15) is 11.3 Å². The summed E-state index contributed by atoms with van der Waals surface area (Å²) in [5.74, 6) is 2.81. The normalized spacial score (nSPS) is 15.0. The summed E-state index contributed by atoms with van der Waals surface area (Å²) in [5, 5.41) is 0. The molecular weight excluding hydrogens is 282 g/mol.